The number of hydrogen-bond acceptors (Lipinski definition) is 4. The molecule has 4 rings (SSSR count). The summed E-state index contributed by atoms with van der Waals surface area (Å²) in [4.78, 5) is 7.53. The van der Waals surface area contributed by atoms with Crippen molar-refractivity contribution in [3.8, 4) is 0 Å². The predicted octanol–water partition coefficient (Wildman–Crippen LogP) is 7.02. The van der Waals surface area contributed by atoms with Crippen molar-refractivity contribution in [1.29, 1.82) is 0 Å². The molecule has 0 aliphatic carbocycles. The molecular formula is C23H19BF2N2S2. The van der Waals surface area contributed by atoms with Crippen LogP contribution in [-0.2, 0) is 0 Å². The fraction of sp³-hybridized carbons (Fsp3) is 0.0870. The van der Waals surface area contributed by atoms with Crippen LogP contribution in [0.2, 0.25) is 0 Å². The number of hydrogen-bond donors (Lipinski definition) is 0. The average molecular weight is 436 g/mol. The van der Waals surface area contributed by atoms with Gasteiger partial charge in [-0.1, -0.05) is 84.2 Å². The number of benzene rings is 3. The van der Waals surface area contributed by atoms with E-state index in [2.05, 4.69) is 4.99 Å². The largest absolute Gasteiger partial charge is 0.678 e. The number of aliphatic imine (C=N–C) groups is 1. The number of halogens is 2. The van der Waals surface area contributed by atoms with E-state index in [1.807, 2.05) is 73.7 Å². The maximum Gasteiger partial charge on any atom is 0.678 e. The number of aryl methyl sites for hydroxylation is 1. The van der Waals surface area contributed by atoms with Gasteiger partial charge in [0.25, 0.3) is 0 Å². The second-order valence-electron chi connectivity index (χ2n) is 6.66. The monoisotopic (exact) mass is 436 g/mol. The lowest BCUT2D eigenvalue weighted by atomic mass is 10.0. The van der Waals surface area contributed by atoms with Crippen LogP contribution in [-0.4, -0.2) is 19.5 Å². The molecular weight excluding hydrogens is 417 g/mol. The highest BCUT2D eigenvalue weighted by atomic mass is 32.2. The van der Waals surface area contributed by atoms with Crippen LogP contribution in [0.25, 0.3) is 5.57 Å². The zero-order valence-corrected chi connectivity index (χ0v) is 18.2. The molecule has 0 unspecified atom stereocenters. The van der Waals surface area contributed by atoms with E-state index in [-0.39, 0.29) is 0 Å². The highest BCUT2D eigenvalue weighted by Gasteiger charge is 2.39. The van der Waals surface area contributed by atoms with E-state index in [1.54, 1.807) is 19.2 Å². The van der Waals surface area contributed by atoms with Crippen molar-refractivity contribution >= 4 is 47.2 Å². The number of fused-ring (bicyclic) bond motifs is 1. The van der Waals surface area contributed by atoms with Crippen molar-refractivity contribution < 1.29 is 8.63 Å². The molecule has 0 saturated heterocycles. The molecule has 0 amide bonds. The van der Waals surface area contributed by atoms with E-state index in [1.165, 1.54) is 23.5 Å². The molecule has 2 nitrogen and oxygen atoms in total. The van der Waals surface area contributed by atoms with E-state index in [9.17, 15) is 8.63 Å². The Morgan fingerprint density at radius 2 is 1.60 bits per heavy atom. The van der Waals surface area contributed by atoms with E-state index in [0.29, 0.717) is 21.3 Å². The molecule has 7 heteroatoms. The third-order valence-electron chi connectivity index (χ3n) is 4.74. The lowest BCUT2D eigenvalue weighted by Crippen LogP contribution is -2.30. The van der Waals surface area contributed by atoms with Gasteiger partial charge in [0.1, 0.15) is 5.04 Å². The fourth-order valence-corrected chi connectivity index (χ4v) is 5.57. The maximum absolute atomic E-state index is 14.2. The number of rotatable bonds is 4. The highest BCUT2D eigenvalue weighted by Crippen LogP contribution is 2.50. The van der Waals surface area contributed by atoms with Crippen LogP contribution in [0.1, 0.15) is 11.1 Å². The first kappa shape index (κ1) is 20.8. The quantitative estimate of drug-likeness (QED) is 0.189. The van der Waals surface area contributed by atoms with Gasteiger partial charge < -0.3 is 4.81 Å². The summed E-state index contributed by atoms with van der Waals surface area (Å²) in [5, 5.41) is 1.20. The van der Waals surface area contributed by atoms with Crippen LogP contribution < -0.4 is 4.81 Å². The minimum absolute atomic E-state index is 0.499. The molecule has 30 heavy (non-hydrogen) atoms. The lowest BCUT2D eigenvalue weighted by Gasteiger charge is -2.22. The molecule has 0 fully saturated rings. The molecule has 1 aliphatic rings. The minimum Gasteiger partial charge on any atom is -0.319 e. The van der Waals surface area contributed by atoms with Crippen molar-refractivity contribution in [1.82, 2.24) is 0 Å². The Hall–Kier alpha value is -2.51. The topological polar surface area (TPSA) is 15.6 Å². The molecule has 0 bridgehead atoms. The highest BCUT2D eigenvalue weighted by molar-refractivity contribution is 8.15. The molecule has 1 heterocycles. The van der Waals surface area contributed by atoms with Crippen molar-refractivity contribution in [3.05, 3.63) is 95.0 Å². The molecule has 0 saturated carbocycles. The van der Waals surface area contributed by atoms with Crippen LogP contribution in [0.4, 0.5) is 14.3 Å². The fourth-order valence-electron chi connectivity index (χ4n) is 3.30. The first-order valence-corrected chi connectivity index (χ1v) is 11.1. The number of thioether (sulfide) groups is 2. The van der Waals surface area contributed by atoms with Crippen molar-refractivity contribution in [3.63, 3.8) is 0 Å². The van der Waals surface area contributed by atoms with Gasteiger partial charge in [-0.05, 0) is 36.2 Å². The third kappa shape index (κ3) is 4.05. The van der Waals surface area contributed by atoms with Gasteiger partial charge in [-0.25, -0.2) is 0 Å². The molecule has 1 aliphatic heterocycles. The zero-order chi connectivity index (χ0) is 21.1. The zero-order valence-electron chi connectivity index (χ0n) is 16.5. The van der Waals surface area contributed by atoms with Crippen molar-refractivity contribution in [2.24, 2.45) is 4.99 Å². The first-order valence-electron chi connectivity index (χ1n) is 9.44. The maximum atomic E-state index is 14.2. The van der Waals surface area contributed by atoms with Crippen LogP contribution in [0, 0.1) is 6.92 Å². The minimum atomic E-state index is -2.66. The summed E-state index contributed by atoms with van der Waals surface area (Å²) in [6.45, 7) is 2.04. The molecule has 3 aromatic rings. The molecule has 0 atom stereocenters. The van der Waals surface area contributed by atoms with E-state index in [4.69, 9.17) is 0 Å². The standard InChI is InChI=1S/C23H19BF2N2S2/c1-16-10-6-8-14-19(16)29-22(27-2)21(17-11-4-3-5-12-17)23-28(24(25)26)18-13-7-9-15-20(18)30-23/h3-15H,1-2H3/b23-21+,27-22+. The van der Waals surface area contributed by atoms with Gasteiger partial charge in [0.05, 0.1) is 5.03 Å². The van der Waals surface area contributed by atoms with Crippen molar-refractivity contribution in [2.45, 2.75) is 16.7 Å². The van der Waals surface area contributed by atoms with Crippen LogP contribution in [0.3, 0.4) is 0 Å². The van der Waals surface area contributed by atoms with Crippen LogP contribution >= 0.6 is 23.5 Å². The van der Waals surface area contributed by atoms with E-state index >= 15 is 0 Å². The van der Waals surface area contributed by atoms with Gasteiger partial charge in [0.15, 0.2) is 0 Å². The summed E-state index contributed by atoms with van der Waals surface area (Å²) in [6, 6.07) is 24.9. The summed E-state index contributed by atoms with van der Waals surface area (Å²) in [6.07, 6.45) is 0. The Bertz CT molecular complexity index is 1120. The number of anilines is 1. The van der Waals surface area contributed by atoms with Crippen molar-refractivity contribution in [2.75, 3.05) is 11.9 Å². The Balaban J connectivity index is 1.90. The Kier molecular flexibility index (Phi) is 6.30. The Labute approximate surface area is 184 Å². The van der Waals surface area contributed by atoms with Crippen LogP contribution in [0.15, 0.2) is 98.7 Å². The first-order chi connectivity index (χ1) is 14.6. The molecule has 0 aromatic heterocycles. The second-order valence-corrected chi connectivity index (χ2v) is 8.72. The summed E-state index contributed by atoms with van der Waals surface area (Å²) in [5.41, 5.74) is 3.22. The number of para-hydroxylation sites is 1. The normalized spacial score (nSPS) is 15.2. The van der Waals surface area contributed by atoms with Gasteiger partial charge in [-0.3, -0.25) is 13.6 Å². The molecule has 0 spiro atoms. The van der Waals surface area contributed by atoms with Crippen LogP contribution in [0.5, 0.6) is 0 Å². The van der Waals surface area contributed by atoms with Gasteiger partial charge in [0, 0.05) is 28.1 Å². The molecule has 0 N–H and O–H groups in total. The predicted molar refractivity (Wildman–Crippen MR) is 127 cm³/mol. The lowest BCUT2D eigenvalue weighted by molar-refractivity contribution is 0.655. The molecule has 3 aromatic carbocycles. The summed E-state index contributed by atoms with van der Waals surface area (Å²) >= 11 is 2.87. The summed E-state index contributed by atoms with van der Waals surface area (Å²) in [5.74, 6) is 0. The Morgan fingerprint density at radius 3 is 2.30 bits per heavy atom. The van der Waals surface area contributed by atoms with E-state index in [0.717, 1.165) is 25.7 Å². The Morgan fingerprint density at radius 1 is 0.933 bits per heavy atom. The summed E-state index contributed by atoms with van der Waals surface area (Å²) < 4.78 is 28.5. The molecule has 0 radical (unpaired) electrons. The van der Waals surface area contributed by atoms with Gasteiger partial charge >= 0.3 is 7.40 Å². The van der Waals surface area contributed by atoms with Gasteiger partial charge in [0.2, 0.25) is 0 Å². The van der Waals surface area contributed by atoms with Gasteiger partial charge in [-0.15, -0.1) is 0 Å². The smallest absolute Gasteiger partial charge is 0.319 e. The second kappa shape index (κ2) is 9.10. The van der Waals surface area contributed by atoms with E-state index < -0.39 is 7.40 Å². The SMILES string of the molecule is C/N=C(Sc1ccccc1C)\C(=C1\Sc2ccccc2N1B(F)F)c1ccccc1. The van der Waals surface area contributed by atoms with Gasteiger partial charge in [-0.2, -0.15) is 0 Å². The summed E-state index contributed by atoms with van der Waals surface area (Å²) in [7, 11) is -0.944. The molecule has 150 valence electrons. The number of nitrogens with zero attached hydrogens (tertiary/aromatic N) is 2. The third-order valence-corrected chi connectivity index (χ3v) is 7.16. The average Bonchev–Trinajstić information content (AvgIpc) is 3.14.